The summed E-state index contributed by atoms with van der Waals surface area (Å²) >= 11 is 0. The third-order valence-corrected chi connectivity index (χ3v) is 4.94. The van der Waals surface area contributed by atoms with Gasteiger partial charge in [-0.05, 0) is 34.1 Å². The number of carbonyl (C=O) groups is 1. The highest BCUT2D eigenvalue weighted by molar-refractivity contribution is 14.0. The number of amides is 1. The number of hydrogen-bond acceptors (Lipinski definition) is 4. The summed E-state index contributed by atoms with van der Waals surface area (Å²) in [5.74, 6) is 0.984. The Labute approximate surface area is 175 Å². The molecule has 1 atom stereocenters. The Morgan fingerprint density at radius 3 is 2.42 bits per heavy atom. The fourth-order valence-electron chi connectivity index (χ4n) is 3.34. The van der Waals surface area contributed by atoms with Crippen LogP contribution >= 0.6 is 24.0 Å². The molecular weight excluding hydrogens is 445 g/mol. The smallest absolute Gasteiger partial charge is 0.227 e. The molecule has 2 aliphatic heterocycles. The number of carbonyl (C=O) groups excluding carboxylic acids is 1. The van der Waals surface area contributed by atoms with Crippen LogP contribution in [0.5, 0.6) is 0 Å². The van der Waals surface area contributed by atoms with Crippen molar-refractivity contribution in [1.29, 1.82) is 0 Å². The Bertz CT molecular complexity index is 466. The lowest BCUT2D eigenvalue weighted by atomic mass is 9.92. The molecule has 7 nitrogen and oxygen atoms in total. The van der Waals surface area contributed by atoms with E-state index < -0.39 is 5.41 Å². The van der Waals surface area contributed by atoms with E-state index in [9.17, 15) is 4.79 Å². The molecule has 0 saturated carbocycles. The molecule has 2 aliphatic rings. The zero-order chi connectivity index (χ0) is 18.3. The highest BCUT2D eigenvalue weighted by Gasteiger charge is 2.31. The van der Waals surface area contributed by atoms with E-state index in [1.165, 1.54) is 0 Å². The van der Waals surface area contributed by atoms with Crippen LogP contribution < -0.4 is 10.6 Å². The van der Waals surface area contributed by atoms with Gasteiger partial charge in [0.05, 0.1) is 25.2 Å². The Hall–Kier alpha value is -0.610. The van der Waals surface area contributed by atoms with Gasteiger partial charge in [0.15, 0.2) is 5.96 Å². The Balaban J connectivity index is 0.00000338. The highest BCUT2D eigenvalue weighted by Crippen LogP contribution is 2.19. The topological polar surface area (TPSA) is 69.2 Å². The molecule has 26 heavy (non-hydrogen) atoms. The van der Waals surface area contributed by atoms with E-state index in [-0.39, 0.29) is 29.9 Å². The van der Waals surface area contributed by atoms with E-state index in [1.807, 2.05) is 20.8 Å². The number of guanidine groups is 1. The molecular formula is C18H36IN5O2. The van der Waals surface area contributed by atoms with Crippen LogP contribution in [-0.2, 0) is 9.53 Å². The second-order valence-corrected chi connectivity index (χ2v) is 7.45. The van der Waals surface area contributed by atoms with Crippen molar-refractivity contribution in [2.24, 2.45) is 10.4 Å². The zero-order valence-electron chi connectivity index (χ0n) is 16.7. The first-order valence-corrected chi connectivity index (χ1v) is 9.61. The lowest BCUT2D eigenvalue weighted by molar-refractivity contribution is -0.128. The van der Waals surface area contributed by atoms with E-state index in [0.29, 0.717) is 19.1 Å². The summed E-state index contributed by atoms with van der Waals surface area (Å²) < 4.78 is 5.46. The molecule has 0 bridgehead atoms. The van der Waals surface area contributed by atoms with Gasteiger partial charge < -0.3 is 20.3 Å². The normalized spacial score (nSPS) is 22.1. The standard InChI is InChI=1S/C18H35N5O2.HI/c1-5-19-16(24)18(3,4)14-21-17(20-6-2)23-8-7-15(13-23)22-9-11-25-12-10-22;/h15H,5-14H2,1-4H3,(H,19,24)(H,20,21);1H. The maximum atomic E-state index is 12.2. The molecule has 0 spiro atoms. The highest BCUT2D eigenvalue weighted by atomic mass is 127. The Morgan fingerprint density at radius 2 is 1.81 bits per heavy atom. The van der Waals surface area contributed by atoms with Gasteiger partial charge in [-0.3, -0.25) is 14.7 Å². The van der Waals surface area contributed by atoms with Gasteiger partial charge in [0.25, 0.3) is 0 Å². The second-order valence-electron chi connectivity index (χ2n) is 7.45. The quantitative estimate of drug-likeness (QED) is 0.339. The van der Waals surface area contributed by atoms with Gasteiger partial charge in [0.2, 0.25) is 5.91 Å². The molecule has 0 aromatic heterocycles. The zero-order valence-corrected chi connectivity index (χ0v) is 19.0. The molecule has 0 aromatic rings. The second kappa shape index (κ2) is 11.3. The number of aliphatic imine (C=N–C) groups is 1. The molecule has 0 aliphatic carbocycles. The summed E-state index contributed by atoms with van der Waals surface area (Å²) in [4.78, 5) is 21.8. The number of likely N-dealkylation sites (tertiary alicyclic amines) is 1. The van der Waals surface area contributed by atoms with Gasteiger partial charge in [0.1, 0.15) is 0 Å². The number of hydrogen-bond donors (Lipinski definition) is 2. The van der Waals surface area contributed by atoms with Crippen LogP contribution in [0.3, 0.4) is 0 Å². The van der Waals surface area contributed by atoms with E-state index in [0.717, 1.165) is 58.3 Å². The van der Waals surface area contributed by atoms with Gasteiger partial charge in [-0.2, -0.15) is 0 Å². The van der Waals surface area contributed by atoms with Crippen molar-refractivity contribution in [3.05, 3.63) is 0 Å². The van der Waals surface area contributed by atoms with Crippen LogP contribution in [0, 0.1) is 5.41 Å². The molecule has 2 rings (SSSR count). The average molecular weight is 481 g/mol. The first kappa shape index (κ1) is 23.4. The van der Waals surface area contributed by atoms with Crippen molar-refractivity contribution in [3.63, 3.8) is 0 Å². The number of halogens is 1. The summed E-state index contributed by atoms with van der Waals surface area (Å²) in [7, 11) is 0. The van der Waals surface area contributed by atoms with E-state index in [2.05, 4.69) is 27.4 Å². The largest absolute Gasteiger partial charge is 0.379 e. The van der Waals surface area contributed by atoms with Crippen molar-refractivity contribution >= 4 is 35.8 Å². The molecule has 2 fully saturated rings. The number of nitrogens with one attached hydrogen (secondary N) is 2. The Morgan fingerprint density at radius 1 is 1.15 bits per heavy atom. The minimum absolute atomic E-state index is 0. The van der Waals surface area contributed by atoms with Gasteiger partial charge in [-0.1, -0.05) is 0 Å². The predicted molar refractivity (Wildman–Crippen MR) is 116 cm³/mol. The van der Waals surface area contributed by atoms with Gasteiger partial charge >= 0.3 is 0 Å². The molecule has 1 amide bonds. The monoisotopic (exact) mass is 481 g/mol. The summed E-state index contributed by atoms with van der Waals surface area (Å²) in [5.41, 5.74) is -0.500. The number of nitrogens with zero attached hydrogens (tertiary/aromatic N) is 3. The van der Waals surface area contributed by atoms with E-state index in [4.69, 9.17) is 9.73 Å². The van der Waals surface area contributed by atoms with E-state index in [1.54, 1.807) is 0 Å². The van der Waals surface area contributed by atoms with Crippen LogP contribution in [0.25, 0.3) is 0 Å². The third-order valence-electron chi connectivity index (χ3n) is 4.94. The SMILES string of the molecule is CCNC(=O)C(C)(C)CN=C(NCC)N1CCC(N2CCOCC2)C1.I. The summed E-state index contributed by atoms with van der Waals surface area (Å²) in [5, 5.41) is 6.29. The van der Waals surface area contributed by atoms with E-state index >= 15 is 0 Å². The van der Waals surface area contributed by atoms with Crippen LogP contribution in [0.15, 0.2) is 4.99 Å². The van der Waals surface area contributed by atoms with Crippen molar-refractivity contribution in [3.8, 4) is 0 Å². The molecule has 8 heteroatoms. The van der Waals surface area contributed by atoms with Crippen LogP contribution in [0.2, 0.25) is 0 Å². The van der Waals surface area contributed by atoms with Crippen LogP contribution in [0.1, 0.15) is 34.1 Å². The molecule has 0 aromatic carbocycles. The van der Waals surface area contributed by atoms with Crippen molar-refractivity contribution in [2.45, 2.75) is 40.2 Å². The molecule has 0 radical (unpaired) electrons. The number of morpholine rings is 1. The lowest BCUT2D eigenvalue weighted by Crippen LogP contribution is -2.47. The number of rotatable bonds is 6. The molecule has 2 heterocycles. The molecule has 152 valence electrons. The summed E-state index contributed by atoms with van der Waals surface area (Å²) in [6.07, 6.45) is 1.16. The maximum absolute atomic E-state index is 12.2. The van der Waals surface area contributed by atoms with Crippen molar-refractivity contribution in [1.82, 2.24) is 20.4 Å². The fraction of sp³-hybridized carbons (Fsp3) is 0.889. The molecule has 2 saturated heterocycles. The lowest BCUT2D eigenvalue weighted by Gasteiger charge is -2.32. The van der Waals surface area contributed by atoms with Gasteiger partial charge in [0, 0.05) is 45.3 Å². The molecule has 2 N–H and O–H groups in total. The predicted octanol–water partition coefficient (Wildman–Crippen LogP) is 1.14. The maximum Gasteiger partial charge on any atom is 0.227 e. The first-order valence-electron chi connectivity index (χ1n) is 9.61. The first-order chi connectivity index (χ1) is 12.0. The summed E-state index contributed by atoms with van der Waals surface area (Å²) in [6.45, 7) is 15.6. The minimum atomic E-state index is -0.500. The van der Waals surface area contributed by atoms with Gasteiger partial charge in [-0.15, -0.1) is 24.0 Å². The third kappa shape index (κ3) is 6.53. The van der Waals surface area contributed by atoms with Gasteiger partial charge in [-0.25, -0.2) is 0 Å². The van der Waals surface area contributed by atoms with Crippen LogP contribution in [0.4, 0.5) is 0 Å². The van der Waals surface area contributed by atoms with Crippen molar-refractivity contribution in [2.75, 3.05) is 59.0 Å². The van der Waals surface area contributed by atoms with Crippen LogP contribution in [-0.4, -0.2) is 86.7 Å². The molecule has 1 unspecified atom stereocenters. The Kier molecular flexibility index (Phi) is 10.2. The fourth-order valence-corrected chi connectivity index (χ4v) is 3.34. The van der Waals surface area contributed by atoms with Crippen molar-refractivity contribution < 1.29 is 9.53 Å². The minimum Gasteiger partial charge on any atom is -0.379 e. The average Bonchev–Trinajstić information content (AvgIpc) is 3.09. The number of ether oxygens (including phenoxy) is 1. The summed E-state index contributed by atoms with van der Waals surface area (Å²) in [6, 6.07) is 0.573.